The molecule has 24 heavy (non-hydrogen) atoms. The van der Waals surface area contributed by atoms with Gasteiger partial charge in [-0.2, -0.15) is 0 Å². The summed E-state index contributed by atoms with van der Waals surface area (Å²) < 4.78 is 0.808. The van der Waals surface area contributed by atoms with Crippen LogP contribution in [-0.4, -0.2) is 39.4 Å². The number of amides is 1. The Morgan fingerprint density at radius 2 is 2.17 bits per heavy atom. The van der Waals surface area contributed by atoms with Crippen LogP contribution in [0.2, 0.25) is 0 Å². The zero-order valence-corrected chi connectivity index (χ0v) is 16.2. The van der Waals surface area contributed by atoms with Crippen LogP contribution in [0.15, 0.2) is 15.9 Å². The molecule has 3 rings (SSSR count). The Labute approximate surface area is 154 Å². The fraction of sp³-hybridized carbons (Fsp3) is 0.600. The Morgan fingerprint density at radius 1 is 1.38 bits per heavy atom. The number of thioether (sulfide) groups is 1. The first-order valence-corrected chi connectivity index (χ1v) is 10.7. The van der Waals surface area contributed by atoms with Crippen molar-refractivity contribution in [1.29, 1.82) is 0 Å². The molecule has 6 nitrogen and oxygen atoms in total. The number of nitrogens with one attached hydrogen (secondary N) is 1. The highest BCUT2D eigenvalue weighted by Crippen LogP contribution is 2.34. The second-order valence-electron chi connectivity index (χ2n) is 5.70. The van der Waals surface area contributed by atoms with E-state index >= 15 is 0 Å². The lowest BCUT2D eigenvalue weighted by atomic mass is 9.94. The van der Waals surface area contributed by atoms with Crippen molar-refractivity contribution in [3.05, 3.63) is 11.6 Å². The molecule has 1 aliphatic carbocycles. The molecular weight excluding hydrogens is 362 g/mol. The highest BCUT2D eigenvalue weighted by Gasteiger charge is 2.32. The molecule has 0 bridgehead atoms. The monoisotopic (exact) mass is 383 g/mol. The smallest absolute Gasteiger partial charge is 0.242 e. The fourth-order valence-electron chi connectivity index (χ4n) is 2.86. The molecule has 0 aliphatic heterocycles. The Balaban J connectivity index is 1.74. The van der Waals surface area contributed by atoms with Crippen LogP contribution in [0, 0.1) is 0 Å². The number of hydrogen-bond acceptors (Lipinski definition) is 8. The molecule has 0 radical (unpaired) electrons. The minimum absolute atomic E-state index is 0.114. The molecule has 1 fully saturated rings. The van der Waals surface area contributed by atoms with Crippen molar-refractivity contribution in [3.8, 4) is 0 Å². The van der Waals surface area contributed by atoms with E-state index in [-0.39, 0.29) is 17.2 Å². The van der Waals surface area contributed by atoms with Gasteiger partial charge in [0.05, 0.1) is 5.25 Å². The van der Waals surface area contributed by atoms with Gasteiger partial charge >= 0.3 is 0 Å². The van der Waals surface area contributed by atoms with Gasteiger partial charge in [-0.3, -0.25) is 9.69 Å². The third kappa shape index (κ3) is 4.07. The van der Waals surface area contributed by atoms with E-state index in [0.717, 1.165) is 27.4 Å². The van der Waals surface area contributed by atoms with Gasteiger partial charge in [0.1, 0.15) is 0 Å². The number of hydrogen-bond donors (Lipinski definition) is 1. The standard InChI is InChI=1S/C15H21N5OS3/c1-10(23-15-19-18-13(16-2)24-15)12(21)20(14-17-8-9-22-14)11-6-4-3-5-7-11/h8-11H,3-7H2,1-2H3,(H,16,18)/t10-/m1/s1. The van der Waals surface area contributed by atoms with Crippen molar-refractivity contribution in [2.45, 2.75) is 54.7 Å². The Kier molecular flexibility index (Phi) is 6.07. The van der Waals surface area contributed by atoms with E-state index in [9.17, 15) is 4.79 Å². The van der Waals surface area contributed by atoms with E-state index < -0.39 is 0 Å². The lowest BCUT2D eigenvalue weighted by Gasteiger charge is -2.33. The summed E-state index contributed by atoms with van der Waals surface area (Å²) in [4.78, 5) is 19.5. The maximum Gasteiger partial charge on any atom is 0.242 e. The third-order valence-corrected chi connectivity index (χ3v) is 6.93. The van der Waals surface area contributed by atoms with Crippen LogP contribution in [-0.2, 0) is 4.79 Å². The number of nitrogens with zero attached hydrogens (tertiary/aromatic N) is 4. The minimum atomic E-state index is -0.214. The van der Waals surface area contributed by atoms with Gasteiger partial charge in [-0.15, -0.1) is 21.5 Å². The molecular formula is C15H21N5OS3. The topological polar surface area (TPSA) is 71.0 Å². The third-order valence-electron chi connectivity index (χ3n) is 4.05. The number of carbonyl (C=O) groups excluding carboxylic acids is 1. The Bertz CT molecular complexity index is 654. The highest BCUT2D eigenvalue weighted by molar-refractivity contribution is 8.02. The van der Waals surface area contributed by atoms with Crippen LogP contribution in [0.3, 0.4) is 0 Å². The van der Waals surface area contributed by atoms with Gasteiger partial charge < -0.3 is 5.32 Å². The minimum Gasteiger partial charge on any atom is -0.363 e. The predicted molar refractivity (Wildman–Crippen MR) is 101 cm³/mol. The van der Waals surface area contributed by atoms with Crippen LogP contribution in [0.4, 0.5) is 10.3 Å². The maximum atomic E-state index is 13.1. The second kappa shape index (κ2) is 8.26. The van der Waals surface area contributed by atoms with E-state index in [0.29, 0.717) is 0 Å². The molecule has 0 saturated heterocycles. The van der Waals surface area contributed by atoms with E-state index in [1.807, 2.05) is 24.3 Å². The van der Waals surface area contributed by atoms with Gasteiger partial charge in [-0.05, 0) is 19.8 Å². The molecule has 1 amide bonds. The number of thiazole rings is 1. The van der Waals surface area contributed by atoms with E-state index in [1.165, 1.54) is 53.7 Å². The van der Waals surface area contributed by atoms with Crippen LogP contribution < -0.4 is 10.2 Å². The summed E-state index contributed by atoms with van der Waals surface area (Å²) >= 11 is 4.47. The SMILES string of the molecule is CNc1nnc(S[C@H](C)C(=O)N(c2nccs2)C2CCCCC2)s1. The lowest BCUT2D eigenvalue weighted by molar-refractivity contribution is -0.118. The summed E-state index contributed by atoms with van der Waals surface area (Å²) in [5.74, 6) is 0.114. The first-order valence-electron chi connectivity index (χ1n) is 8.09. The first-order chi connectivity index (χ1) is 11.7. The van der Waals surface area contributed by atoms with Crippen LogP contribution in [0.25, 0.3) is 0 Å². The van der Waals surface area contributed by atoms with Gasteiger partial charge in [0.25, 0.3) is 0 Å². The van der Waals surface area contributed by atoms with E-state index in [4.69, 9.17) is 0 Å². The van der Waals surface area contributed by atoms with E-state index in [2.05, 4.69) is 20.5 Å². The van der Waals surface area contributed by atoms with Crippen molar-refractivity contribution in [1.82, 2.24) is 15.2 Å². The molecule has 0 spiro atoms. The largest absolute Gasteiger partial charge is 0.363 e. The zero-order chi connectivity index (χ0) is 16.9. The lowest BCUT2D eigenvalue weighted by Crippen LogP contribution is -2.45. The van der Waals surface area contributed by atoms with Crippen LogP contribution >= 0.6 is 34.4 Å². The van der Waals surface area contributed by atoms with E-state index in [1.54, 1.807) is 6.20 Å². The molecule has 2 heterocycles. The number of carbonyl (C=O) groups is 1. The van der Waals surface area contributed by atoms with Crippen molar-refractivity contribution in [2.24, 2.45) is 0 Å². The van der Waals surface area contributed by atoms with Crippen molar-refractivity contribution in [2.75, 3.05) is 17.3 Å². The molecule has 0 unspecified atom stereocenters. The van der Waals surface area contributed by atoms with Gasteiger partial charge in [-0.25, -0.2) is 4.98 Å². The van der Waals surface area contributed by atoms with Crippen molar-refractivity contribution >= 4 is 50.6 Å². The number of anilines is 2. The molecule has 1 aliphatic rings. The van der Waals surface area contributed by atoms with Crippen molar-refractivity contribution in [3.63, 3.8) is 0 Å². The summed E-state index contributed by atoms with van der Waals surface area (Å²) in [6, 6.07) is 0.266. The van der Waals surface area contributed by atoms with Crippen LogP contribution in [0.1, 0.15) is 39.0 Å². The molecule has 0 aromatic carbocycles. The summed E-state index contributed by atoms with van der Waals surface area (Å²) in [7, 11) is 1.82. The predicted octanol–water partition coefficient (Wildman–Crippen LogP) is 3.88. The maximum absolute atomic E-state index is 13.1. The molecule has 9 heteroatoms. The first kappa shape index (κ1) is 17.6. The molecule has 2 aromatic rings. The number of aromatic nitrogens is 3. The molecule has 1 N–H and O–H groups in total. The molecule has 1 saturated carbocycles. The van der Waals surface area contributed by atoms with Crippen LogP contribution in [0.5, 0.6) is 0 Å². The van der Waals surface area contributed by atoms with Gasteiger partial charge in [0.2, 0.25) is 11.0 Å². The summed E-state index contributed by atoms with van der Waals surface area (Å²) in [6.07, 6.45) is 7.52. The fourth-order valence-corrected chi connectivity index (χ4v) is 5.48. The summed E-state index contributed by atoms with van der Waals surface area (Å²) in [6.45, 7) is 1.94. The summed E-state index contributed by atoms with van der Waals surface area (Å²) in [5, 5.41) is 14.4. The quantitative estimate of drug-likeness (QED) is 0.763. The molecule has 2 aromatic heterocycles. The molecule has 1 atom stereocenters. The highest BCUT2D eigenvalue weighted by atomic mass is 32.2. The summed E-state index contributed by atoms with van der Waals surface area (Å²) in [5.41, 5.74) is 0. The number of rotatable bonds is 6. The Hall–Kier alpha value is -1.19. The van der Waals surface area contributed by atoms with Crippen molar-refractivity contribution < 1.29 is 4.79 Å². The normalized spacial score (nSPS) is 16.8. The Morgan fingerprint density at radius 3 is 2.79 bits per heavy atom. The average Bonchev–Trinajstić information content (AvgIpc) is 3.28. The van der Waals surface area contributed by atoms with Gasteiger partial charge in [-0.1, -0.05) is 42.4 Å². The zero-order valence-electron chi connectivity index (χ0n) is 13.8. The molecule has 130 valence electrons. The van der Waals surface area contributed by atoms with Gasteiger partial charge in [0, 0.05) is 24.7 Å². The average molecular weight is 384 g/mol. The second-order valence-corrected chi connectivity index (χ2v) is 9.14. The van der Waals surface area contributed by atoms with Gasteiger partial charge in [0.15, 0.2) is 9.47 Å².